The first kappa shape index (κ1) is 16.8. The topological polar surface area (TPSA) is 50.2 Å². The van der Waals surface area contributed by atoms with E-state index in [1.807, 2.05) is 32.1 Å². The summed E-state index contributed by atoms with van der Waals surface area (Å²) in [5.41, 5.74) is 2.58. The number of carbonyl (C=O) groups is 1. The Morgan fingerprint density at radius 3 is 2.77 bits per heavy atom. The lowest BCUT2D eigenvalue weighted by Crippen LogP contribution is -2.30. The average Bonchev–Trinajstić information content (AvgIpc) is 2.72. The molecule has 0 aliphatic rings. The van der Waals surface area contributed by atoms with Gasteiger partial charge in [-0.15, -0.1) is 0 Å². The monoisotopic (exact) mass is 340 g/mol. The van der Waals surface area contributed by atoms with Gasteiger partial charge in [-0.3, -0.25) is 14.4 Å². The lowest BCUT2D eigenvalue weighted by atomic mass is 10.2. The third-order valence-electron chi connectivity index (χ3n) is 3.17. The SMILES string of the molecule is Cc1nn(C)cc1CN(C)CC(=O)Nc1cc(Cl)ccc1Cl. The molecule has 1 heterocycles. The first-order valence-corrected chi connectivity index (χ1v) is 7.53. The molecule has 7 heteroatoms. The van der Waals surface area contributed by atoms with E-state index in [9.17, 15) is 4.79 Å². The van der Waals surface area contributed by atoms with Gasteiger partial charge in [0.15, 0.2) is 0 Å². The van der Waals surface area contributed by atoms with Gasteiger partial charge in [-0.05, 0) is 32.2 Å². The molecule has 0 bridgehead atoms. The summed E-state index contributed by atoms with van der Waals surface area (Å²) in [4.78, 5) is 14.0. The predicted molar refractivity (Wildman–Crippen MR) is 89.4 cm³/mol. The second-order valence-corrected chi connectivity index (χ2v) is 6.10. The van der Waals surface area contributed by atoms with Crippen molar-refractivity contribution >= 4 is 34.8 Å². The van der Waals surface area contributed by atoms with Crippen molar-refractivity contribution in [1.29, 1.82) is 0 Å². The van der Waals surface area contributed by atoms with Crippen LogP contribution in [0.1, 0.15) is 11.3 Å². The summed E-state index contributed by atoms with van der Waals surface area (Å²) in [6.07, 6.45) is 1.96. The number of likely N-dealkylation sites (N-methyl/N-ethyl adjacent to an activating group) is 1. The van der Waals surface area contributed by atoms with Gasteiger partial charge in [0.05, 0.1) is 22.9 Å². The molecule has 0 radical (unpaired) electrons. The number of aromatic nitrogens is 2. The molecule has 118 valence electrons. The first-order chi connectivity index (χ1) is 10.3. The highest BCUT2D eigenvalue weighted by molar-refractivity contribution is 6.35. The Labute approximate surface area is 139 Å². The van der Waals surface area contributed by atoms with Gasteiger partial charge in [0, 0.05) is 30.4 Å². The minimum atomic E-state index is -0.145. The van der Waals surface area contributed by atoms with Gasteiger partial charge in [-0.2, -0.15) is 5.10 Å². The lowest BCUT2D eigenvalue weighted by Gasteiger charge is -2.16. The summed E-state index contributed by atoms with van der Waals surface area (Å²) in [6.45, 7) is 2.85. The van der Waals surface area contributed by atoms with Crippen LogP contribution >= 0.6 is 23.2 Å². The molecule has 1 N–H and O–H groups in total. The zero-order chi connectivity index (χ0) is 16.3. The molecule has 1 aromatic heterocycles. The number of halogens is 2. The van der Waals surface area contributed by atoms with Gasteiger partial charge in [-0.25, -0.2) is 0 Å². The van der Waals surface area contributed by atoms with E-state index in [-0.39, 0.29) is 12.5 Å². The third kappa shape index (κ3) is 4.47. The number of nitrogens with zero attached hydrogens (tertiary/aromatic N) is 3. The van der Waals surface area contributed by atoms with Gasteiger partial charge in [0.1, 0.15) is 0 Å². The molecule has 0 spiro atoms. The van der Waals surface area contributed by atoms with Gasteiger partial charge in [-0.1, -0.05) is 23.2 Å². The molecule has 2 rings (SSSR count). The van der Waals surface area contributed by atoms with Crippen LogP contribution < -0.4 is 5.32 Å². The fourth-order valence-electron chi connectivity index (χ4n) is 2.18. The smallest absolute Gasteiger partial charge is 0.238 e. The van der Waals surface area contributed by atoms with Crippen molar-refractivity contribution in [1.82, 2.24) is 14.7 Å². The van der Waals surface area contributed by atoms with Crippen LogP contribution in [0.5, 0.6) is 0 Å². The average molecular weight is 341 g/mol. The van der Waals surface area contributed by atoms with E-state index in [4.69, 9.17) is 23.2 Å². The molecule has 0 aliphatic heterocycles. The highest BCUT2D eigenvalue weighted by atomic mass is 35.5. The normalized spacial score (nSPS) is 11.0. The van der Waals surface area contributed by atoms with Gasteiger partial charge in [0.2, 0.25) is 5.91 Å². The van der Waals surface area contributed by atoms with Gasteiger partial charge >= 0.3 is 0 Å². The maximum Gasteiger partial charge on any atom is 0.238 e. The zero-order valence-corrected chi connectivity index (χ0v) is 14.2. The second kappa shape index (κ2) is 7.13. The molecule has 1 amide bonds. The maximum absolute atomic E-state index is 12.1. The van der Waals surface area contributed by atoms with E-state index in [0.717, 1.165) is 11.3 Å². The van der Waals surface area contributed by atoms with Crippen molar-refractivity contribution in [2.75, 3.05) is 18.9 Å². The Hall–Kier alpha value is -1.56. The number of anilines is 1. The van der Waals surface area contributed by atoms with Crippen LogP contribution in [0.4, 0.5) is 5.69 Å². The molecule has 0 saturated heterocycles. The molecule has 0 saturated carbocycles. The number of rotatable bonds is 5. The van der Waals surface area contributed by atoms with E-state index in [0.29, 0.717) is 22.3 Å². The van der Waals surface area contributed by atoms with Crippen molar-refractivity contribution < 1.29 is 4.79 Å². The molecule has 0 unspecified atom stereocenters. The van der Waals surface area contributed by atoms with Crippen molar-refractivity contribution in [3.8, 4) is 0 Å². The van der Waals surface area contributed by atoms with Gasteiger partial charge < -0.3 is 5.32 Å². The van der Waals surface area contributed by atoms with Crippen molar-refractivity contribution in [2.24, 2.45) is 7.05 Å². The molecule has 0 atom stereocenters. The summed E-state index contributed by atoms with van der Waals surface area (Å²) >= 11 is 11.9. The standard InChI is InChI=1S/C15H18Cl2N4O/c1-10-11(8-21(3)19-10)7-20(2)9-15(22)18-14-6-12(16)4-5-13(14)17/h4-6,8H,7,9H2,1-3H3,(H,18,22). The number of hydrogen-bond acceptors (Lipinski definition) is 3. The highest BCUT2D eigenvalue weighted by Gasteiger charge is 2.12. The van der Waals surface area contributed by atoms with Crippen LogP contribution in [0.15, 0.2) is 24.4 Å². The minimum Gasteiger partial charge on any atom is -0.324 e. The Morgan fingerprint density at radius 1 is 1.41 bits per heavy atom. The molecular weight excluding hydrogens is 323 g/mol. The number of aryl methyl sites for hydroxylation is 2. The Balaban J connectivity index is 1.94. The fourth-order valence-corrected chi connectivity index (χ4v) is 2.52. The van der Waals surface area contributed by atoms with Crippen LogP contribution in [0.3, 0.4) is 0 Å². The first-order valence-electron chi connectivity index (χ1n) is 6.77. The van der Waals surface area contributed by atoms with Crippen LogP contribution in [-0.4, -0.2) is 34.2 Å². The molecular formula is C15H18Cl2N4O. The summed E-state index contributed by atoms with van der Waals surface area (Å²) in [6, 6.07) is 4.96. The Morgan fingerprint density at radius 2 is 2.14 bits per heavy atom. The summed E-state index contributed by atoms with van der Waals surface area (Å²) < 4.78 is 1.77. The van der Waals surface area contributed by atoms with Crippen LogP contribution in [0.2, 0.25) is 10.0 Å². The maximum atomic E-state index is 12.1. The summed E-state index contributed by atoms with van der Waals surface area (Å²) in [5, 5.41) is 8.05. The number of nitrogens with one attached hydrogen (secondary N) is 1. The highest BCUT2D eigenvalue weighted by Crippen LogP contribution is 2.25. The third-order valence-corrected chi connectivity index (χ3v) is 3.74. The largest absolute Gasteiger partial charge is 0.324 e. The molecule has 2 aromatic rings. The second-order valence-electron chi connectivity index (χ2n) is 5.26. The molecule has 5 nitrogen and oxygen atoms in total. The molecule has 0 aliphatic carbocycles. The van der Waals surface area contributed by atoms with E-state index < -0.39 is 0 Å². The molecule has 22 heavy (non-hydrogen) atoms. The van der Waals surface area contributed by atoms with Crippen LogP contribution in [0.25, 0.3) is 0 Å². The van der Waals surface area contributed by atoms with Crippen LogP contribution in [0, 0.1) is 6.92 Å². The molecule has 0 fully saturated rings. The number of amides is 1. The fraction of sp³-hybridized carbons (Fsp3) is 0.333. The number of carbonyl (C=O) groups excluding carboxylic acids is 1. The van der Waals surface area contributed by atoms with Crippen molar-refractivity contribution in [3.05, 3.63) is 45.7 Å². The number of benzene rings is 1. The minimum absolute atomic E-state index is 0.145. The lowest BCUT2D eigenvalue weighted by molar-refractivity contribution is -0.117. The quantitative estimate of drug-likeness (QED) is 0.909. The van der Waals surface area contributed by atoms with E-state index in [1.165, 1.54) is 0 Å². The van der Waals surface area contributed by atoms with Crippen molar-refractivity contribution in [2.45, 2.75) is 13.5 Å². The zero-order valence-electron chi connectivity index (χ0n) is 12.7. The summed E-state index contributed by atoms with van der Waals surface area (Å²) in [7, 11) is 3.76. The summed E-state index contributed by atoms with van der Waals surface area (Å²) in [5.74, 6) is -0.145. The van der Waals surface area contributed by atoms with E-state index >= 15 is 0 Å². The number of hydrogen-bond donors (Lipinski definition) is 1. The van der Waals surface area contributed by atoms with Gasteiger partial charge in [0.25, 0.3) is 0 Å². The molecule has 1 aromatic carbocycles. The van der Waals surface area contributed by atoms with E-state index in [1.54, 1.807) is 22.9 Å². The van der Waals surface area contributed by atoms with Crippen LogP contribution in [-0.2, 0) is 18.4 Å². The van der Waals surface area contributed by atoms with Crippen molar-refractivity contribution in [3.63, 3.8) is 0 Å². The predicted octanol–water partition coefficient (Wildman–Crippen LogP) is 3.11. The van der Waals surface area contributed by atoms with E-state index in [2.05, 4.69) is 10.4 Å². The Bertz CT molecular complexity index is 684. The Kier molecular flexibility index (Phi) is 5.45.